The minimum Gasteiger partial charge on any atom is -0.357 e. The summed E-state index contributed by atoms with van der Waals surface area (Å²) < 4.78 is 12.1. The van der Waals surface area contributed by atoms with Gasteiger partial charge in [0.2, 0.25) is 0 Å². The van der Waals surface area contributed by atoms with Crippen LogP contribution in [0.4, 0.5) is 0 Å². The Kier molecular flexibility index (Phi) is 10.4. The quantitative estimate of drug-likeness (QED) is 0.370. The first-order valence-corrected chi connectivity index (χ1v) is 10.7. The monoisotopic (exact) mass is 484 g/mol. The van der Waals surface area contributed by atoms with Gasteiger partial charge >= 0.3 is 0 Å². The molecule has 0 aliphatic heterocycles. The SMILES string of the molecule is CCNC(=NCc1cnc(C)s1)NC1CCCC(S(=O)CC)C1.I. The Morgan fingerprint density at radius 2 is 2.25 bits per heavy atom. The van der Waals surface area contributed by atoms with Crippen molar-refractivity contribution in [1.29, 1.82) is 0 Å². The Morgan fingerprint density at radius 1 is 1.46 bits per heavy atom. The first kappa shape index (κ1) is 21.8. The van der Waals surface area contributed by atoms with Crippen LogP contribution in [0.25, 0.3) is 0 Å². The smallest absolute Gasteiger partial charge is 0.191 e. The van der Waals surface area contributed by atoms with Crippen LogP contribution < -0.4 is 10.6 Å². The number of aryl methyl sites for hydroxylation is 1. The fourth-order valence-electron chi connectivity index (χ4n) is 2.90. The summed E-state index contributed by atoms with van der Waals surface area (Å²) in [5, 5.41) is 8.25. The lowest BCUT2D eigenvalue weighted by Crippen LogP contribution is -2.46. The number of nitrogens with zero attached hydrogens (tertiary/aromatic N) is 2. The Balaban J connectivity index is 0.00000288. The molecular formula is C16H29IN4OS2. The molecule has 3 unspecified atom stereocenters. The lowest BCUT2D eigenvalue weighted by molar-refractivity contribution is 0.413. The predicted octanol–water partition coefficient (Wildman–Crippen LogP) is 3.20. The number of halogens is 1. The lowest BCUT2D eigenvalue weighted by Gasteiger charge is -2.30. The Hall–Kier alpha value is -0.220. The standard InChI is InChI=1S/C16H28N4OS2.HI/c1-4-17-16(19-11-14-10-18-12(3)22-14)20-13-7-6-8-15(9-13)23(21)5-2;/h10,13,15H,4-9,11H2,1-3H3,(H2,17,19,20);1H. The molecule has 138 valence electrons. The van der Waals surface area contributed by atoms with Gasteiger partial charge in [0.1, 0.15) is 0 Å². The van der Waals surface area contributed by atoms with Crippen molar-refractivity contribution in [3.63, 3.8) is 0 Å². The fraction of sp³-hybridized carbons (Fsp3) is 0.750. The Labute approximate surface area is 169 Å². The minimum absolute atomic E-state index is 0. The van der Waals surface area contributed by atoms with Crippen molar-refractivity contribution >= 4 is 52.1 Å². The molecule has 1 saturated carbocycles. The van der Waals surface area contributed by atoms with Gasteiger partial charge in [0.15, 0.2) is 5.96 Å². The predicted molar refractivity (Wildman–Crippen MR) is 115 cm³/mol. The minimum atomic E-state index is -0.690. The molecule has 3 atom stereocenters. The summed E-state index contributed by atoms with van der Waals surface area (Å²) in [4.78, 5) is 10.1. The third-order valence-corrected chi connectivity index (χ3v) is 6.67. The van der Waals surface area contributed by atoms with Gasteiger partial charge in [-0.1, -0.05) is 13.3 Å². The molecule has 8 heteroatoms. The lowest BCUT2D eigenvalue weighted by atomic mass is 9.95. The summed E-state index contributed by atoms with van der Waals surface area (Å²) in [5.41, 5.74) is 0. The zero-order valence-electron chi connectivity index (χ0n) is 14.7. The zero-order chi connectivity index (χ0) is 16.7. The second-order valence-corrected chi connectivity index (χ2v) is 9.16. The van der Waals surface area contributed by atoms with Crippen LogP contribution in [-0.2, 0) is 17.3 Å². The second kappa shape index (κ2) is 11.4. The third kappa shape index (κ3) is 6.95. The summed E-state index contributed by atoms with van der Waals surface area (Å²) in [6.07, 6.45) is 6.23. The first-order chi connectivity index (χ1) is 11.1. The van der Waals surface area contributed by atoms with E-state index in [2.05, 4.69) is 27.5 Å². The Morgan fingerprint density at radius 3 is 2.88 bits per heavy atom. The van der Waals surface area contributed by atoms with Crippen LogP contribution in [0.2, 0.25) is 0 Å². The molecule has 0 saturated heterocycles. The fourth-order valence-corrected chi connectivity index (χ4v) is 4.97. The molecule has 1 aliphatic carbocycles. The van der Waals surface area contributed by atoms with Crippen LogP contribution in [0.5, 0.6) is 0 Å². The summed E-state index contributed by atoms with van der Waals surface area (Å²) in [5.74, 6) is 1.61. The number of nitrogens with one attached hydrogen (secondary N) is 2. The van der Waals surface area contributed by atoms with Crippen LogP contribution in [0.3, 0.4) is 0 Å². The largest absolute Gasteiger partial charge is 0.357 e. The summed E-state index contributed by atoms with van der Waals surface area (Å²) in [7, 11) is -0.690. The van der Waals surface area contributed by atoms with Crippen LogP contribution in [0.1, 0.15) is 49.4 Å². The number of aliphatic imine (C=N–C) groups is 1. The number of hydrogen-bond donors (Lipinski definition) is 2. The van der Waals surface area contributed by atoms with Crippen molar-refractivity contribution in [2.45, 2.75) is 64.3 Å². The van der Waals surface area contributed by atoms with Gasteiger partial charge in [-0.2, -0.15) is 0 Å². The maximum absolute atomic E-state index is 12.1. The highest BCUT2D eigenvalue weighted by Gasteiger charge is 2.26. The van der Waals surface area contributed by atoms with E-state index in [9.17, 15) is 4.21 Å². The van der Waals surface area contributed by atoms with E-state index < -0.39 is 10.8 Å². The summed E-state index contributed by atoms with van der Waals surface area (Å²) >= 11 is 1.69. The summed E-state index contributed by atoms with van der Waals surface area (Å²) in [6, 6.07) is 0.366. The molecular weight excluding hydrogens is 455 g/mol. The molecule has 2 N–H and O–H groups in total. The van der Waals surface area contributed by atoms with Crippen LogP contribution >= 0.6 is 35.3 Å². The molecule has 1 aromatic rings. The molecule has 24 heavy (non-hydrogen) atoms. The topological polar surface area (TPSA) is 66.4 Å². The molecule has 2 rings (SSSR count). The van der Waals surface area contributed by atoms with E-state index >= 15 is 0 Å². The van der Waals surface area contributed by atoms with Crippen molar-refractivity contribution in [2.24, 2.45) is 4.99 Å². The van der Waals surface area contributed by atoms with Gasteiger partial charge in [-0.3, -0.25) is 4.21 Å². The molecule has 0 spiro atoms. The molecule has 1 aromatic heterocycles. The van der Waals surface area contributed by atoms with Gasteiger partial charge in [-0.25, -0.2) is 9.98 Å². The number of aromatic nitrogens is 1. The highest BCUT2D eigenvalue weighted by molar-refractivity contribution is 14.0. The number of hydrogen-bond acceptors (Lipinski definition) is 4. The van der Waals surface area contributed by atoms with Gasteiger partial charge < -0.3 is 10.6 Å². The molecule has 1 fully saturated rings. The number of rotatable bonds is 6. The van der Waals surface area contributed by atoms with Gasteiger partial charge in [0.25, 0.3) is 0 Å². The van der Waals surface area contributed by atoms with E-state index in [4.69, 9.17) is 0 Å². The van der Waals surface area contributed by atoms with Crippen LogP contribution in [0, 0.1) is 6.92 Å². The van der Waals surface area contributed by atoms with E-state index in [1.165, 1.54) is 4.88 Å². The van der Waals surface area contributed by atoms with Gasteiger partial charge in [0, 0.05) is 45.5 Å². The maximum Gasteiger partial charge on any atom is 0.191 e. The van der Waals surface area contributed by atoms with Crippen molar-refractivity contribution in [3.8, 4) is 0 Å². The second-order valence-electron chi connectivity index (χ2n) is 5.84. The Bertz CT molecular complexity index is 550. The zero-order valence-corrected chi connectivity index (χ0v) is 18.7. The van der Waals surface area contributed by atoms with Gasteiger partial charge in [-0.05, 0) is 33.1 Å². The molecule has 1 aliphatic rings. The van der Waals surface area contributed by atoms with Crippen molar-refractivity contribution in [3.05, 3.63) is 16.1 Å². The molecule has 1 heterocycles. The van der Waals surface area contributed by atoms with E-state index in [0.29, 0.717) is 17.8 Å². The average Bonchev–Trinajstić information content (AvgIpc) is 2.98. The first-order valence-electron chi connectivity index (χ1n) is 8.45. The van der Waals surface area contributed by atoms with Crippen molar-refractivity contribution in [2.75, 3.05) is 12.3 Å². The van der Waals surface area contributed by atoms with Crippen LogP contribution in [-0.4, -0.2) is 38.7 Å². The highest BCUT2D eigenvalue weighted by Crippen LogP contribution is 2.23. The summed E-state index contributed by atoms with van der Waals surface area (Å²) in [6.45, 7) is 7.58. The van der Waals surface area contributed by atoms with E-state index in [-0.39, 0.29) is 24.0 Å². The number of guanidine groups is 1. The van der Waals surface area contributed by atoms with Crippen molar-refractivity contribution < 1.29 is 4.21 Å². The van der Waals surface area contributed by atoms with E-state index in [1.54, 1.807) is 11.3 Å². The van der Waals surface area contributed by atoms with E-state index in [1.807, 2.05) is 20.0 Å². The third-order valence-electron chi connectivity index (χ3n) is 4.03. The molecule has 0 aromatic carbocycles. The highest BCUT2D eigenvalue weighted by atomic mass is 127. The van der Waals surface area contributed by atoms with Gasteiger partial charge in [-0.15, -0.1) is 35.3 Å². The van der Waals surface area contributed by atoms with Crippen LogP contribution in [0.15, 0.2) is 11.2 Å². The molecule has 0 radical (unpaired) electrons. The molecule has 0 amide bonds. The van der Waals surface area contributed by atoms with E-state index in [0.717, 1.165) is 48.9 Å². The molecule has 5 nitrogen and oxygen atoms in total. The molecule has 0 bridgehead atoms. The van der Waals surface area contributed by atoms with Crippen molar-refractivity contribution in [1.82, 2.24) is 15.6 Å². The normalized spacial score (nSPS) is 22.5. The maximum atomic E-state index is 12.1. The van der Waals surface area contributed by atoms with Gasteiger partial charge in [0.05, 0.1) is 11.6 Å². The number of thiazole rings is 1. The average molecular weight is 484 g/mol.